The molecule has 1 amide bonds. The molecule has 0 saturated carbocycles. The molecule has 1 aliphatic heterocycles. The summed E-state index contributed by atoms with van der Waals surface area (Å²) < 4.78 is 7.31. The van der Waals surface area contributed by atoms with E-state index < -0.39 is 0 Å². The molecule has 5 heteroatoms. The molecule has 0 radical (unpaired) electrons. The molecule has 1 fully saturated rings. The number of piperidine rings is 1. The third-order valence-corrected chi connectivity index (χ3v) is 4.75. The van der Waals surface area contributed by atoms with Crippen LogP contribution < -0.4 is 4.74 Å². The van der Waals surface area contributed by atoms with Crippen LogP contribution in [-0.2, 0) is 6.54 Å². The molecular formula is C19H25N3O2. The lowest BCUT2D eigenvalue weighted by Crippen LogP contribution is -2.39. The van der Waals surface area contributed by atoms with E-state index in [0.717, 1.165) is 43.9 Å². The van der Waals surface area contributed by atoms with Gasteiger partial charge in [0, 0.05) is 30.9 Å². The van der Waals surface area contributed by atoms with E-state index in [1.54, 1.807) is 7.11 Å². The summed E-state index contributed by atoms with van der Waals surface area (Å²) >= 11 is 0. The fraction of sp³-hybridized carbons (Fsp3) is 0.474. The van der Waals surface area contributed by atoms with Gasteiger partial charge in [0.25, 0.3) is 5.91 Å². The van der Waals surface area contributed by atoms with Crippen molar-refractivity contribution >= 4 is 5.91 Å². The maximum Gasteiger partial charge on any atom is 0.253 e. The normalized spacial score (nSPS) is 15.5. The Balaban J connectivity index is 1.58. The number of aromatic nitrogens is 2. The number of rotatable bonds is 4. The van der Waals surface area contributed by atoms with Gasteiger partial charge in [0.2, 0.25) is 0 Å². The minimum Gasteiger partial charge on any atom is -0.497 e. The highest BCUT2D eigenvalue weighted by atomic mass is 16.5. The van der Waals surface area contributed by atoms with E-state index in [9.17, 15) is 4.79 Å². The zero-order valence-corrected chi connectivity index (χ0v) is 14.7. The maximum atomic E-state index is 12.6. The lowest BCUT2D eigenvalue weighted by atomic mass is 9.96. The van der Waals surface area contributed by atoms with Gasteiger partial charge in [0.05, 0.1) is 12.8 Å². The molecule has 24 heavy (non-hydrogen) atoms. The van der Waals surface area contributed by atoms with Gasteiger partial charge < -0.3 is 9.64 Å². The molecule has 1 aliphatic rings. The lowest BCUT2D eigenvalue weighted by molar-refractivity contribution is 0.0680. The Kier molecular flexibility index (Phi) is 4.88. The molecule has 0 N–H and O–H groups in total. The highest BCUT2D eigenvalue weighted by Gasteiger charge is 2.24. The number of benzene rings is 1. The molecule has 0 aliphatic carbocycles. The van der Waals surface area contributed by atoms with Crippen LogP contribution in [0.2, 0.25) is 0 Å². The van der Waals surface area contributed by atoms with Crippen molar-refractivity contribution in [2.24, 2.45) is 5.92 Å². The average molecular weight is 327 g/mol. The van der Waals surface area contributed by atoms with Gasteiger partial charge in [0.1, 0.15) is 5.75 Å². The number of amides is 1. The number of carbonyl (C=O) groups is 1. The summed E-state index contributed by atoms with van der Waals surface area (Å²) in [5, 5.41) is 4.55. The van der Waals surface area contributed by atoms with Gasteiger partial charge in [-0.15, -0.1) is 0 Å². The largest absolute Gasteiger partial charge is 0.497 e. The smallest absolute Gasteiger partial charge is 0.253 e. The van der Waals surface area contributed by atoms with E-state index in [-0.39, 0.29) is 5.91 Å². The Morgan fingerprint density at radius 2 is 2.00 bits per heavy atom. The van der Waals surface area contributed by atoms with Crippen LogP contribution in [0.1, 0.15) is 34.6 Å². The number of carbonyl (C=O) groups excluding carboxylic acids is 1. The van der Waals surface area contributed by atoms with Crippen molar-refractivity contribution in [3.8, 4) is 5.75 Å². The molecule has 3 rings (SSSR count). The highest BCUT2D eigenvalue weighted by molar-refractivity contribution is 5.94. The first-order valence-electron chi connectivity index (χ1n) is 8.51. The fourth-order valence-corrected chi connectivity index (χ4v) is 3.36. The standard InChI is InChI=1S/C19H25N3O2/c1-14-11-15(2)22(20-14)13-16-7-9-21(10-8-16)19(23)17-5-4-6-18(12-17)24-3/h4-6,11-12,16H,7-10,13H2,1-3H3. The van der Waals surface area contributed by atoms with Gasteiger partial charge in [-0.05, 0) is 56.9 Å². The lowest BCUT2D eigenvalue weighted by Gasteiger charge is -2.32. The van der Waals surface area contributed by atoms with Gasteiger partial charge in [-0.1, -0.05) is 6.07 Å². The second kappa shape index (κ2) is 7.07. The average Bonchev–Trinajstić information content (AvgIpc) is 2.92. The van der Waals surface area contributed by atoms with Gasteiger partial charge in [-0.25, -0.2) is 0 Å². The number of likely N-dealkylation sites (tertiary alicyclic amines) is 1. The number of hydrogen-bond donors (Lipinski definition) is 0. The van der Waals surface area contributed by atoms with Crippen LogP contribution in [0.3, 0.4) is 0 Å². The first-order valence-corrected chi connectivity index (χ1v) is 8.51. The Labute approximate surface area is 143 Å². The molecule has 1 aromatic heterocycles. The Bertz CT molecular complexity index is 715. The van der Waals surface area contributed by atoms with E-state index >= 15 is 0 Å². The van der Waals surface area contributed by atoms with Crippen LogP contribution in [-0.4, -0.2) is 40.8 Å². The molecule has 0 atom stereocenters. The number of ether oxygens (including phenoxy) is 1. The van der Waals surface area contributed by atoms with Crippen LogP contribution in [0.4, 0.5) is 0 Å². The number of methoxy groups -OCH3 is 1. The predicted octanol–water partition coefficient (Wildman–Crippen LogP) is 3.06. The van der Waals surface area contributed by atoms with Crippen molar-refractivity contribution in [2.75, 3.05) is 20.2 Å². The molecule has 0 spiro atoms. The molecule has 2 heterocycles. The second-order valence-electron chi connectivity index (χ2n) is 6.58. The zero-order valence-electron chi connectivity index (χ0n) is 14.7. The van der Waals surface area contributed by atoms with Crippen LogP contribution in [0, 0.1) is 19.8 Å². The number of hydrogen-bond acceptors (Lipinski definition) is 3. The molecule has 0 unspecified atom stereocenters. The monoisotopic (exact) mass is 327 g/mol. The summed E-state index contributed by atoms with van der Waals surface area (Å²) in [5.74, 6) is 1.40. The fourth-order valence-electron chi connectivity index (χ4n) is 3.36. The van der Waals surface area contributed by atoms with E-state index in [0.29, 0.717) is 11.5 Å². The number of aryl methyl sites for hydroxylation is 2. The highest BCUT2D eigenvalue weighted by Crippen LogP contribution is 2.22. The third-order valence-electron chi connectivity index (χ3n) is 4.75. The molecule has 2 aromatic rings. The van der Waals surface area contributed by atoms with Crippen molar-refractivity contribution in [1.82, 2.24) is 14.7 Å². The first-order chi connectivity index (χ1) is 11.6. The SMILES string of the molecule is COc1cccc(C(=O)N2CCC(Cn3nc(C)cc3C)CC2)c1. The van der Waals surface area contributed by atoms with Crippen LogP contribution in [0.15, 0.2) is 30.3 Å². The molecule has 1 aromatic carbocycles. The zero-order chi connectivity index (χ0) is 17.1. The predicted molar refractivity (Wildman–Crippen MR) is 93.3 cm³/mol. The summed E-state index contributed by atoms with van der Waals surface area (Å²) in [6, 6.07) is 9.50. The second-order valence-corrected chi connectivity index (χ2v) is 6.58. The van der Waals surface area contributed by atoms with E-state index in [4.69, 9.17) is 4.74 Å². The topological polar surface area (TPSA) is 47.4 Å². The third kappa shape index (κ3) is 3.61. The van der Waals surface area contributed by atoms with E-state index in [2.05, 4.69) is 22.8 Å². The van der Waals surface area contributed by atoms with Crippen molar-refractivity contribution < 1.29 is 9.53 Å². The number of nitrogens with zero attached hydrogens (tertiary/aromatic N) is 3. The first kappa shape index (κ1) is 16.6. The quantitative estimate of drug-likeness (QED) is 0.867. The molecule has 128 valence electrons. The summed E-state index contributed by atoms with van der Waals surface area (Å²) in [6.45, 7) is 6.68. The summed E-state index contributed by atoms with van der Waals surface area (Å²) in [7, 11) is 1.62. The van der Waals surface area contributed by atoms with E-state index in [1.807, 2.05) is 36.1 Å². The van der Waals surface area contributed by atoms with Crippen LogP contribution in [0.25, 0.3) is 0 Å². The van der Waals surface area contributed by atoms with Gasteiger partial charge in [0.15, 0.2) is 0 Å². The van der Waals surface area contributed by atoms with Crippen molar-refractivity contribution in [3.63, 3.8) is 0 Å². The summed E-state index contributed by atoms with van der Waals surface area (Å²) in [6.07, 6.45) is 2.04. The Hall–Kier alpha value is -2.30. The molecule has 1 saturated heterocycles. The Morgan fingerprint density at radius 1 is 1.25 bits per heavy atom. The van der Waals surface area contributed by atoms with Crippen LogP contribution >= 0.6 is 0 Å². The molecule has 0 bridgehead atoms. The van der Waals surface area contributed by atoms with Gasteiger partial charge in [-0.2, -0.15) is 5.10 Å². The minimum absolute atomic E-state index is 0.0958. The summed E-state index contributed by atoms with van der Waals surface area (Å²) in [5.41, 5.74) is 2.98. The van der Waals surface area contributed by atoms with Crippen molar-refractivity contribution in [3.05, 3.63) is 47.3 Å². The van der Waals surface area contributed by atoms with Crippen LogP contribution in [0.5, 0.6) is 5.75 Å². The van der Waals surface area contributed by atoms with Gasteiger partial charge in [-0.3, -0.25) is 9.48 Å². The van der Waals surface area contributed by atoms with E-state index in [1.165, 1.54) is 5.69 Å². The van der Waals surface area contributed by atoms with Gasteiger partial charge >= 0.3 is 0 Å². The van der Waals surface area contributed by atoms with Crippen molar-refractivity contribution in [2.45, 2.75) is 33.2 Å². The Morgan fingerprint density at radius 3 is 2.62 bits per heavy atom. The maximum absolute atomic E-state index is 12.6. The molecule has 5 nitrogen and oxygen atoms in total. The summed E-state index contributed by atoms with van der Waals surface area (Å²) in [4.78, 5) is 14.6. The minimum atomic E-state index is 0.0958. The molecular weight excluding hydrogens is 302 g/mol. The van der Waals surface area contributed by atoms with Crippen molar-refractivity contribution in [1.29, 1.82) is 0 Å².